The fraction of sp³-hybridized carbons (Fsp3) is 0.409. The minimum atomic E-state index is 0.0856. The van der Waals surface area contributed by atoms with Crippen molar-refractivity contribution in [3.8, 4) is 11.5 Å². The number of hydrogen-bond acceptors (Lipinski definition) is 4. The van der Waals surface area contributed by atoms with Crippen LogP contribution in [0.2, 0.25) is 0 Å². The molecule has 1 saturated heterocycles. The molecule has 0 bridgehead atoms. The number of likely N-dealkylation sites (tertiary alicyclic amines) is 1. The van der Waals surface area contributed by atoms with Crippen molar-refractivity contribution in [2.24, 2.45) is 0 Å². The van der Waals surface area contributed by atoms with Gasteiger partial charge in [0.15, 0.2) is 5.78 Å². The highest BCUT2D eigenvalue weighted by molar-refractivity contribution is 5.94. The molecule has 1 atom stereocenters. The third-order valence-corrected chi connectivity index (χ3v) is 5.00. The van der Waals surface area contributed by atoms with Crippen LogP contribution in [-0.4, -0.2) is 30.9 Å². The SMILES string of the molecule is CCOc1ccc(C(C)=O)cc1CN1CCCC1c1ccc(OC)cc1. The van der Waals surface area contributed by atoms with Crippen LogP contribution in [0, 0.1) is 0 Å². The minimum absolute atomic E-state index is 0.0856. The molecule has 0 radical (unpaired) electrons. The van der Waals surface area contributed by atoms with Gasteiger partial charge in [-0.2, -0.15) is 0 Å². The van der Waals surface area contributed by atoms with Crippen molar-refractivity contribution in [2.75, 3.05) is 20.3 Å². The Kier molecular flexibility index (Phi) is 5.94. The summed E-state index contributed by atoms with van der Waals surface area (Å²) in [4.78, 5) is 14.3. The molecular weight excluding hydrogens is 326 g/mol. The van der Waals surface area contributed by atoms with Gasteiger partial charge in [-0.05, 0) is 69.1 Å². The van der Waals surface area contributed by atoms with E-state index < -0.39 is 0 Å². The number of hydrogen-bond donors (Lipinski definition) is 0. The maximum absolute atomic E-state index is 11.8. The number of rotatable bonds is 7. The summed E-state index contributed by atoms with van der Waals surface area (Å²) < 4.78 is 11.1. The van der Waals surface area contributed by atoms with Crippen LogP contribution in [0.15, 0.2) is 42.5 Å². The molecule has 1 aliphatic rings. The Morgan fingerprint density at radius 2 is 1.96 bits per heavy atom. The van der Waals surface area contributed by atoms with Gasteiger partial charge in [0.1, 0.15) is 11.5 Å². The third-order valence-electron chi connectivity index (χ3n) is 5.00. The van der Waals surface area contributed by atoms with Crippen LogP contribution in [0.1, 0.15) is 54.2 Å². The van der Waals surface area contributed by atoms with Gasteiger partial charge in [0.2, 0.25) is 0 Å². The van der Waals surface area contributed by atoms with E-state index in [4.69, 9.17) is 9.47 Å². The summed E-state index contributed by atoms with van der Waals surface area (Å²) in [7, 11) is 1.69. The fourth-order valence-corrected chi connectivity index (χ4v) is 3.66. The van der Waals surface area contributed by atoms with Crippen molar-refractivity contribution in [1.29, 1.82) is 0 Å². The molecule has 2 aromatic rings. The van der Waals surface area contributed by atoms with E-state index >= 15 is 0 Å². The lowest BCUT2D eigenvalue weighted by Gasteiger charge is -2.26. The maximum atomic E-state index is 11.8. The van der Waals surface area contributed by atoms with E-state index in [9.17, 15) is 4.79 Å². The van der Waals surface area contributed by atoms with Crippen molar-refractivity contribution in [2.45, 2.75) is 39.3 Å². The second-order valence-corrected chi connectivity index (χ2v) is 6.71. The van der Waals surface area contributed by atoms with Gasteiger partial charge in [0.25, 0.3) is 0 Å². The quantitative estimate of drug-likeness (QED) is 0.680. The number of methoxy groups -OCH3 is 1. The first-order valence-corrected chi connectivity index (χ1v) is 9.27. The topological polar surface area (TPSA) is 38.8 Å². The van der Waals surface area contributed by atoms with Crippen LogP contribution >= 0.6 is 0 Å². The first-order valence-electron chi connectivity index (χ1n) is 9.27. The monoisotopic (exact) mass is 353 g/mol. The van der Waals surface area contributed by atoms with Crippen molar-refractivity contribution < 1.29 is 14.3 Å². The molecule has 0 aromatic heterocycles. The van der Waals surface area contributed by atoms with Crippen molar-refractivity contribution >= 4 is 5.78 Å². The van der Waals surface area contributed by atoms with Crippen LogP contribution < -0.4 is 9.47 Å². The molecule has 1 heterocycles. The normalized spacial score (nSPS) is 17.3. The second kappa shape index (κ2) is 8.37. The Labute approximate surface area is 155 Å². The molecule has 0 spiro atoms. The summed E-state index contributed by atoms with van der Waals surface area (Å²) in [5.41, 5.74) is 3.13. The number of ketones is 1. The van der Waals surface area contributed by atoms with Gasteiger partial charge in [-0.3, -0.25) is 9.69 Å². The molecule has 0 saturated carbocycles. The van der Waals surface area contributed by atoms with E-state index in [-0.39, 0.29) is 5.78 Å². The van der Waals surface area contributed by atoms with Crippen molar-refractivity contribution in [1.82, 2.24) is 4.90 Å². The molecule has 1 fully saturated rings. The van der Waals surface area contributed by atoms with E-state index in [2.05, 4.69) is 17.0 Å². The third kappa shape index (κ3) is 4.07. The Bertz CT molecular complexity index is 754. The molecule has 0 amide bonds. The van der Waals surface area contributed by atoms with Crippen LogP contribution in [0.25, 0.3) is 0 Å². The number of Topliss-reactive ketones (excluding diaryl/α,β-unsaturated/α-hetero) is 1. The molecule has 26 heavy (non-hydrogen) atoms. The number of nitrogens with zero attached hydrogens (tertiary/aromatic N) is 1. The molecule has 4 nitrogen and oxygen atoms in total. The maximum Gasteiger partial charge on any atom is 0.159 e. The van der Waals surface area contributed by atoms with Gasteiger partial charge in [-0.1, -0.05) is 12.1 Å². The molecule has 4 heteroatoms. The van der Waals surface area contributed by atoms with E-state index in [0.29, 0.717) is 12.6 Å². The van der Waals surface area contributed by atoms with Gasteiger partial charge in [-0.15, -0.1) is 0 Å². The Balaban J connectivity index is 1.84. The number of carbonyl (C=O) groups is 1. The molecular formula is C22H27NO3. The van der Waals surface area contributed by atoms with Crippen LogP contribution in [0.4, 0.5) is 0 Å². The van der Waals surface area contributed by atoms with Crippen molar-refractivity contribution in [3.05, 3.63) is 59.2 Å². The van der Waals surface area contributed by atoms with Gasteiger partial charge >= 0.3 is 0 Å². The molecule has 138 valence electrons. The number of ether oxygens (including phenoxy) is 2. The highest BCUT2D eigenvalue weighted by atomic mass is 16.5. The zero-order valence-corrected chi connectivity index (χ0v) is 15.8. The summed E-state index contributed by atoms with van der Waals surface area (Å²) >= 11 is 0. The van der Waals surface area contributed by atoms with E-state index in [1.807, 2.05) is 37.3 Å². The summed E-state index contributed by atoms with van der Waals surface area (Å²) in [6.45, 7) is 6.04. The number of carbonyl (C=O) groups excluding carboxylic acids is 1. The zero-order valence-electron chi connectivity index (χ0n) is 15.8. The summed E-state index contributed by atoms with van der Waals surface area (Å²) in [5, 5.41) is 0. The Morgan fingerprint density at radius 1 is 1.19 bits per heavy atom. The average Bonchev–Trinajstić information content (AvgIpc) is 3.11. The summed E-state index contributed by atoms with van der Waals surface area (Å²) in [6, 6.07) is 14.5. The molecule has 1 aliphatic heterocycles. The van der Waals surface area contributed by atoms with Gasteiger partial charge in [0.05, 0.1) is 13.7 Å². The minimum Gasteiger partial charge on any atom is -0.497 e. The predicted octanol–water partition coefficient (Wildman–Crippen LogP) is 4.63. The van der Waals surface area contributed by atoms with Crippen LogP contribution in [-0.2, 0) is 6.54 Å². The summed E-state index contributed by atoms with van der Waals surface area (Å²) in [5.74, 6) is 1.84. The van der Waals surface area contributed by atoms with Crippen LogP contribution in [0.3, 0.4) is 0 Å². The lowest BCUT2D eigenvalue weighted by molar-refractivity contribution is 0.101. The molecule has 0 N–H and O–H groups in total. The fourth-order valence-electron chi connectivity index (χ4n) is 3.66. The smallest absolute Gasteiger partial charge is 0.159 e. The van der Waals surface area contributed by atoms with Gasteiger partial charge < -0.3 is 9.47 Å². The first-order chi connectivity index (χ1) is 12.6. The Morgan fingerprint density at radius 3 is 2.62 bits per heavy atom. The molecule has 0 aliphatic carbocycles. The van der Waals surface area contributed by atoms with Crippen LogP contribution in [0.5, 0.6) is 11.5 Å². The average molecular weight is 353 g/mol. The number of benzene rings is 2. The van der Waals surface area contributed by atoms with Gasteiger partial charge in [-0.25, -0.2) is 0 Å². The summed E-state index contributed by atoms with van der Waals surface area (Å²) in [6.07, 6.45) is 2.32. The van der Waals surface area contributed by atoms with Crippen molar-refractivity contribution in [3.63, 3.8) is 0 Å². The first kappa shape index (κ1) is 18.5. The van der Waals surface area contributed by atoms with E-state index in [1.54, 1.807) is 14.0 Å². The van der Waals surface area contributed by atoms with E-state index in [1.165, 1.54) is 12.0 Å². The standard InChI is InChI=1S/C22H27NO3/c1-4-26-22-12-9-18(16(2)24)14-19(22)15-23-13-5-6-21(23)17-7-10-20(25-3)11-8-17/h7-12,14,21H,4-6,13,15H2,1-3H3. The van der Waals surface area contributed by atoms with Gasteiger partial charge in [0, 0.05) is 23.7 Å². The zero-order chi connectivity index (χ0) is 18.5. The second-order valence-electron chi connectivity index (χ2n) is 6.71. The Hall–Kier alpha value is -2.33. The molecule has 3 rings (SSSR count). The largest absolute Gasteiger partial charge is 0.497 e. The van der Waals surface area contributed by atoms with E-state index in [0.717, 1.165) is 42.1 Å². The lowest BCUT2D eigenvalue weighted by atomic mass is 10.0. The molecule has 2 aromatic carbocycles. The lowest BCUT2D eigenvalue weighted by Crippen LogP contribution is -2.23. The highest BCUT2D eigenvalue weighted by Crippen LogP contribution is 2.35. The highest BCUT2D eigenvalue weighted by Gasteiger charge is 2.27. The predicted molar refractivity (Wildman–Crippen MR) is 103 cm³/mol. The molecule has 1 unspecified atom stereocenters.